The fraction of sp³-hybridized carbons (Fsp3) is 0.538. The minimum Gasteiger partial charge on any atom is -0.390 e. The van der Waals surface area contributed by atoms with Gasteiger partial charge in [0, 0.05) is 18.5 Å². The molecule has 94 valence electrons. The Bertz CT molecular complexity index is 343. The maximum absolute atomic E-state index is 9.80. The lowest BCUT2D eigenvalue weighted by Crippen LogP contribution is -2.41. The number of aliphatic hydroxyl groups is 3. The minimum absolute atomic E-state index is 0.163. The number of benzene rings is 1. The monoisotopic (exact) mass is 237 g/mol. The largest absolute Gasteiger partial charge is 0.390 e. The Morgan fingerprint density at radius 3 is 2.18 bits per heavy atom. The Labute approximate surface area is 101 Å². The average Bonchev–Trinajstić information content (AvgIpc) is 2.54. The molecule has 1 aliphatic rings. The standard InChI is InChI=1S/C13H19NO3/c1-8-10(12(16)13(17)11(8)15)14-7-9-5-3-2-4-6-9/h2-6,8,10-17H,7H2,1H3/t8-,10-,11-,12-,13-/m1/s1. The van der Waals surface area contributed by atoms with Gasteiger partial charge in [0.25, 0.3) is 0 Å². The van der Waals surface area contributed by atoms with Gasteiger partial charge in [0.1, 0.15) is 6.10 Å². The van der Waals surface area contributed by atoms with Gasteiger partial charge in [-0.2, -0.15) is 0 Å². The maximum atomic E-state index is 9.80. The van der Waals surface area contributed by atoms with Gasteiger partial charge in [-0.1, -0.05) is 37.3 Å². The van der Waals surface area contributed by atoms with Crippen molar-refractivity contribution in [1.82, 2.24) is 5.32 Å². The zero-order chi connectivity index (χ0) is 12.4. The van der Waals surface area contributed by atoms with Crippen molar-refractivity contribution in [2.24, 2.45) is 5.92 Å². The van der Waals surface area contributed by atoms with Crippen molar-refractivity contribution < 1.29 is 15.3 Å². The molecule has 1 aromatic rings. The van der Waals surface area contributed by atoms with Crippen molar-refractivity contribution >= 4 is 0 Å². The average molecular weight is 237 g/mol. The van der Waals surface area contributed by atoms with Gasteiger partial charge in [-0.05, 0) is 5.56 Å². The van der Waals surface area contributed by atoms with Crippen molar-refractivity contribution in [3.05, 3.63) is 35.9 Å². The van der Waals surface area contributed by atoms with Gasteiger partial charge in [0.15, 0.2) is 0 Å². The SMILES string of the molecule is C[C@H]1[C@@H](O)[C@@H](O)[C@H](O)[C@@H]1NCc1ccccc1. The molecule has 0 amide bonds. The van der Waals surface area contributed by atoms with Crippen LogP contribution in [0, 0.1) is 5.92 Å². The summed E-state index contributed by atoms with van der Waals surface area (Å²) in [7, 11) is 0. The van der Waals surface area contributed by atoms with E-state index < -0.39 is 18.3 Å². The highest BCUT2D eigenvalue weighted by Gasteiger charge is 2.45. The van der Waals surface area contributed by atoms with Crippen molar-refractivity contribution in [2.75, 3.05) is 0 Å². The Kier molecular flexibility index (Phi) is 3.79. The van der Waals surface area contributed by atoms with E-state index in [9.17, 15) is 15.3 Å². The Morgan fingerprint density at radius 1 is 1.00 bits per heavy atom. The van der Waals surface area contributed by atoms with Gasteiger partial charge in [-0.15, -0.1) is 0 Å². The molecule has 0 spiro atoms. The van der Waals surface area contributed by atoms with Crippen LogP contribution in [0.5, 0.6) is 0 Å². The number of hydrogen-bond donors (Lipinski definition) is 4. The zero-order valence-corrected chi connectivity index (χ0v) is 9.82. The van der Waals surface area contributed by atoms with E-state index in [0.717, 1.165) is 5.56 Å². The Balaban J connectivity index is 1.96. The molecular formula is C13H19NO3. The molecule has 1 fully saturated rings. The lowest BCUT2D eigenvalue weighted by atomic mass is 10.0. The fourth-order valence-corrected chi connectivity index (χ4v) is 2.39. The first-order chi connectivity index (χ1) is 8.11. The molecule has 0 radical (unpaired) electrons. The summed E-state index contributed by atoms with van der Waals surface area (Å²) in [5.41, 5.74) is 1.11. The minimum atomic E-state index is -1.06. The first kappa shape index (κ1) is 12.5. The predicted octanol–water partition coefficient (Wildman–Crippen LogP) is -0.123. The highest BCUT2D eigenvalue weighted by Crippen LogP contribution is 2.27. The summed E-state index contributed by atoms with van der Waals surface area (Å²) in [6.07, 6.45) is -2.83. The first-order valence-electron chi connectivity index (χ1n) is 5.93. The van der Waals surface area contributed by atoms with E-state index in [1.54, 1.807) is 0 Å². The second kappa shape index (κ2) is 5.14. The summed E-state index contributed by atoms with van der Waals surface area (Å²) in [6, 6.07) is 9.56. The van der Waals surface area contributed by atoms with E-state index in [-0.39, 0.29) is 12.0 Å². The Hall–Kier alpha value is -0.940. The summed E-state index contributed by atoms with van der Waals surface area (Å²) >= 11 is 0. The molecule has 0 bridgehead atoms. The van der Waals surface area contributed by atoms with Crippen LogP contribution in [0.4, 0.5) is 0 Å². The number of rotatable bonds is 3. The van der Waals surface area contributed by atoms with Gasteiger partial charge >= 0.3 is 0 Å². The van der Waals surface area contributed by atoms with E-state index in [0.29, 0.717) is 6.54 Å². The van der Waals surface area contributed by atoms with Gasteiger partial charge in [0.05, 0.1) is 12.2 Å². The van der Waals surface area contributed by atoms with Crippen LogP contribution in [-0.4, -0.2) is 39.7 Å². The third kappa shape index (κ3) is 2.50. The topological polar surface area (TPSA) is 72.7 Å². The van der Waals surface area contributed by atoms with Crippen LogP contribution >= 0.6 is 0 Å². The maximum Gasteiger partial charge on any atom is 0.108 e. The highest BCUT2D eigenvalue weighted by atomic mass is 16.4. The fourth-order valence-electron chi connectivity index (χ4n) is 2.39. The van der Waals surface area contributed by atoms with Crippen LogP contribution < -0.4 is 5.32 Å². The smallest absolute Gasteiger partial charge is 0.108 e. The summed E-state index contributed by atoms with van der Waals surface area (Å²) in [4.78, 5) is 0. The van der Waals surface area contributed by atoms with Gasteiger partial charge in [-0.25, -0.2) is 0 Å². The lowest BCUT2D eigenvalue weighted by molar-refractivity contribution is -0.0267. The van der Waals surface area contributed by atoms with Crippen LogP contribution in [-0.2, 0) is 6.54 Å². The van der Waals surface area contributed by atoms with Crippen molar-refractivity contribution in [1.29, 1.82) is 0 Å². The molecule has 0 heterocycles. The summed E-state index contributed by atoms with van der Waals surface area (Å²) in [5.74, 6) is -0.163. The van der Waals surface area contributed by atoms with Crippen LogP contribution in [0.25, 0.3) is 0 Å². The van der Waals surface area contributed by atoms with Crippen LogP contribution in [0.1, 0.15) is 12.5 Å². The second-order valence-corrected chi connectivity index (χ2v) is 4.72. The molecule has 0 saturated heterocycles. The van der Waals surface area contributed by atoms with Gasteiger partial charge in [-0.3, -0.25) is 0 Å². The molecule has 1 aromatic carbocycles. The molecule has 5 atom stereocenters. The summed E-state index contributed by atoms with van der Waals surface area (Å²) in [5, 5.41) is 32.2. The molecule has 1 saturated carbocycles. The molecule has 4 nitrogen and oxygen atoms in total. The number of hydrogen-bond acceptors (Lipinski definition) is 4. The second-order valence-electron chi connectivity index (χ2n) is 4.72. The normalized spacial score (nSPS) is 37.3. The number of aliphatic hydroxyl groups excluding tert-OH is 3. The zero-order valence-electron chi connectivity index (χ0n) is 9.82. The van der Waals surface area contributed by atoms with E-state index in [4.69, 9.17) is 0 Å². The van der Waals surface area contributed by atoms with E-state index >= 15 is 0 Å². The molecule has 4 N–H and O–H groups in total. The van der Waals surface area contributed by atoms with Crippen LogP contribution in [0.2, 0.25) is 0 Å². The molecule has 0 unspecified atom stereocenters. The summed E-state index contributed by atoms with van der Waals surface area (Å²) in [6.45, 7) is 2.44. The molecule has 1 aliphatic carbocycles. The first-order valence-corrected chi connectivity index (χ1v) is 5.93. The van der Waals surface area contributed by atoms with Crippen molar-refractivity contribution in [3.63, 3.8) is 0 Å². The molecule has 0 aromatic heterocycles. The van der Waals surface area contributed by atoms with Crippen LogP contribution in [0.3, 0.4) is 0 Å². The molecule has 4 heteroatoms. The van der Waals surface area contributed by atoms with Crippen molar-refractivity contribution in [3.8, 4) is 0 Å². The predicted molar refractivity (Wildman–Crippen MR) is 64.3 cm³/mol. The van der Waals surface area contributed by atoms with Gasteiger partial charge < -0.3 is 20.6 Å². The number of nitrogens with one attached hydrogen (secondary N) is 1. The third-order valence-corrected chi connectivity index (χ3v) is 3.56. The molecule has 0 aliphatic heterocycles. The van der Waals surface area contributed by atoms with Crippen LogP contribution in [0.15, 0.2) is 30.3 Å². The van der Waals surface area contributed by atoms with E-state index in [1.165, 1.54) is 0 Å². The molecule has 17 heavy (non-hydrogen) atoms. The Morgan fingerprint density at radius 2 is 1.65 bits per heavy atom. The van der Waals surface area contributed by atoms with Gasteiger partial charge in [0.2, 0.25) is 0 Å². The van der Waals surface area contributed by atoms with E-state index in [1.807, 2.05) is 37.3 Å². The third-order valence-electron chi connectivity index (χ3n) is 3.56. The highest BCUT2D eigenvalue weighted by molar-refractivity contribution is 5.15. The molecule has 2 rings (SSSR count). The van der Waals surface area contributed by atoms with Crippen molar-refractivity contribution in [2.45, 2.75) is 37.8 Å². The quantitative estimate of drug-likeness (QED) is 0.591. The molecular weight excluding hydrogens is 218 g/mol. The lowest BCUT2D eigenvalue weighted by Gasteiger charge is -2.21. The summed E-state index contributed by atoms with van der Waals surface area (Å²) < 4.78 is 0. The van der Waals surface area contributed by atoms with E-state index in [2.05, 4.69) is 5.32 Å².